The molecule has 0 atom stereocenters. The van der Waals surface area contributed by atoms with Crippen LogP contribution < -0.4 is 20.1 Å². The monoisotopic (exact) mass is 540 g/mol. The molecule has 12 heteroatoms. The van der Waals surface area contributed by atoms with Crippen LogP contribution in [-0.2, 0) is 9.36 Å². The third-order valence-corrected chi connectivity index (χ3v) is 6.49. The van der Waals surface area contributed by atoms with Crippen molar-refractivity contribution < 1.29 is 33.0 Å². The van der Waals surface area contributed by atoms with E-state index in [-0.39, 0.29) is 12.3 Å². The maximum absolute atomic E-state index is 14.2. The first-order chi connectivity index (χ1) is 18.1. The fourth-order valence-electron chi connectivity index (χ4n) is 4.23. The molecular formula is C26H26FN4O6P. The molecule has 0 fully saturated rings. The number of carbonyl (C=O) groups is 1. The van der Waals surface area contributed by atoms with Crippen LogP contribution in [0.4, 0.5) is 15.9 Å². The summed E-state index contributed by atoms with van der Waals surface area (Å²) in [5.74, 6) is 0.198. The molecule has 0 bridgehead atoms. The van der Waals surface area contributed by atoms with Crippen LogP contribution in [0, 0.1) is 5.82 Å². The second-order valence-corrected chi connectivity index (χ2v) is 10.1. The largest absolute Gasteiger partial charge is 0.494 e. The van der Waals surface area contributed by atoms with Crippen LogP contribution in [0.2, 0.25) is 0 Å². The first-order valence-electron chi connectivity index (χ1n) is 11.4. The summed E-state index contributed by atoms with van der Waals surface area (Å²) in [5, 5.41) is 5.39. The summed E-state index contributed by atoms with van der Waals surface area (Å²) in [4.78, 5) is 39.3. The van der Waals surface area contributed by atoms with Gasteiger partial charge in [-0.2, -0.15) is 0 Å². The summed E-state index contributed by atoms with van der Waals surface area (Å²) >= 11 is 0. The fraction of sp³-hybridized carbons (Fsp3) is 0.192. The normalized spacial score (nSPS) is 13.9. The van der Waals surface area contributed by atoms with Crippen molar-refractivity contribution in [2.75, 3.05) is 31.1 Å². The zero-order chi connectivity index (χ0) is 27.4. The molecule has 4 rings (SSSR count). The van der Waals surface area contributed by atoms with Crippen molar-refractivity contribution in [1.29, 1.82) is 0 Å². The quantitative estimate of drug-likeness (QED) is 0.288. The van der Waals surface area contributed by atoms with Crippen LogP contribution in [0.25, 0.3) is 17.2 Å². The molecule has 4 N–H and O–H groups in total. The molecule has 10 nitrogen and oxygen atoms in total. The smallest absolute Gasteiger partial charge is 0.344 e. The van der Waals surface area contributed by atoms with Crippen LogP contribution in [0.15, 0.2) is 54.5 Å². The van der Waals surface area contributed by atoms with E-state index in [1.807, 2.05) is 13.0 Å². The standard InChI is InChI=1S/C26H26FN4O6P/c1-15-19(8-16-9-22(36-2)26(23(10-16)37-3)30-14-38(33,34)35)18-5-4-17(27)11-21(18)20(15)12-25(32)31-24-13-28-6-7-29-24/h4-11,13,30H,12,14H2,1-3H3,(H,29,31,32)(H2,33,34,35). The van der Waals surface area contributed by atoms with Gasteiger partial charge in [0.05, 0.1) is 26.8 Å². The van der Waals surface area contributed by atoms with Gasteiger partial charge in [-0.3, -0.25) is 14.3 Å². The van der Waals surface area contributed by atoms with E-state index in [1.54, 1.807) is 18.2 Å². The number of benzene rings is 2. The highest BCUT2D eigenvalue weighted by Crippen LogP contribution is 2.45. The average Bonchev–Trinajstić information content (AvgIpc) is 3.12. The number of rotatable bonds is 9. The van der Waals surface area contributed by atoms with E-state index in [2.05, 4.69) is 20.6 Å². The van der Waals surface area contributed by atoms with Gasteiger partial charge < -0.3 is 29.9 Å². The molecule has 198 valence electrons. The lowest BCUT2D eigenvalue weighted by molar-refractivity contribution is -0.115. The third kappa shape index (κ3) is 6.08. The van der Waals surface area contributed by atoms with Gasteiger partial charge in [-0.25, -0.2) is 9.37 Å². The topological polar surface area (TPSA) is 143 Å². The van der Waals surface area contributed by atoms with Gasteiger partial charge in [-0.15, -0.1) is 0 Å². The molecule has 2 aromatic carbocycles. The number of hydrogen-bond donors (Lipinski definition) is 4. The van der Waals surface area contributed by atoms with Crippen molar-refractivity contribution in [3.63, 3.8) is 0 Å². The maximum atomic E-state index is 14.2. The molecule has 1 aliphatic rings. The number of fused-ring (bicyclic) bond motifs is 1. The first kappa shape index (κ1) is 27.0. The third-order valence-electron chi connectivity index (χ3n) is 5.92. The molecule has 0 radical (unpaired) electrons. The molecule has 0 aliphatic heterocycles. The lowest BCUT2D eigenvalue weighted by Crippen LogP contribution is -2.13. The number of amides is 1. The van der Waals surface area contributed by atoms with Gasteiger partial charge in [0, 0.05) is 12.4 Å². The SMILES string of the molecule is COc1cc(C=C2C(C)=C(CC(=O)Nc3cnccn3)c3cc(F)ccc32)cc(OC)c1NCP(=O)(O)O. The fourth-order valence-corrected chi connectivity index (χ4v) is 4.60. The highest BCUT2D eigenvalue weighted by atomic mass is 31.2. The van der Waals surface area contributed by atoms with Gasteiger partial charge in [0.2, 0.25) is 5.91 Å². The molecular weight excluding hydrogens is 514 g/mol. The number of allylic oxidation sites excluding steroid dienone is 2. The molecule has 1 amide bonds. The number of ether oxygens (including phenoxy) is 2. The Balaban J connectivity index is 1.73. The van der Waals surface area contributed by atoms with Gasteiger partial charge in [-0.1, -0.05) is 6.07 Å². The number of halogens is 1. The van der Waals surface area contributed by atoms with Crippen molar-refractivity contribution in [3.05, 3.63) is 77.0 Å². The zero-order valence-corrected chi connectivity index (χ0v) is 21.8. The second kappa shape index (κ2) is 11.1. The Bertz CT molecular complexity index is 1460. The number of carbonyl (C=O) groups excluding carboxylic acids is 1. The zero-order valence-electron chi connectivity index (χ0n) is 20.9. The minimum atomic E-state index is -4.33. The van der Waals surface area contributed by atoms with Crippen LogP contribution in [0.3, 0.4) is 0 Å². The Morgan fingerprint density at radius 2 is 1.82 bits per heavy atom. The second-order valence-electron chi connectivity index (χ2n) is 8.47. The summed E-state index contributed by atoms with van der Waals surface area (Å²) in [5.41, 5.74) is 4.57. The average molecular weight is 540 g/mol. The Morgan fingerprint density at radius 3 is 2.42 bits per heavy atom. The molecule has 38 heavy (non-hydrogen) atoms. The summed E-state index contributed by atoms with van der Waals surface area (Å²) in [6.45, 7) is 1.86. The van der Waals surface area contributed by atoms with E-state index in [0.29, 0.717) is 39.7 Å². The van der Waals surface area contributed by atoms with E-state index in [9.17, 15) is 23.5 Å². The number of aromatic nitrogens is 2. The van der Waals surface area contributed by atoms with Crippen molar-refractivity contribution in [3.8, 4) is 11.5 Å². The van der Waals surface area contributed by atoms with Crippen LogP contribution in [0.5, 0.6) is 11.5 Å². The van der Waals surface area contributed by atoms with Gasteiger partial charge in [-0.05, 0) is 70.7 Å². The summed E-state index contributed by atoms with van der Waals surface area (Å²) in [6, 6.07) is 7.80. The van der Waals surface area contributed by atoms with E-state index < -0.39 is 19.7 Å². The van der Waals surface area contributed by atoms with Crippen molar-refractivity contribution in [2.24, 2.45) is 0 Å². The summed E-state index contributed by atoms with van der Waals surface area (Å²) < 4.78 is 36.5. The number of nitrogens with one attached hydrogen (secondary N) is 2. The predicted octanol–water partition coefficient (Wildman–Crippen LogP) is 4.54. The number of methoxy groups -OCH3 is 2. The van der Waals surface area contributed by atoms with E-state index in [4.69, 9.17) is 9.47 Å². The molecule has 0 saturated carbocycles. The number of anilines is 2. The van der Waals surface area contributed by atoms with Crippen LogP contribution in [-0.4, -0.2) is 46.2 Å². The van der Waals surface area contributed by atoms with Gasteiger partial charge in [0.1, 0.15) is 29.3 Å². The van der Waals surface area contributed by atoms with E-state index >= 15 is 0 Å². The summed E-state index contributed by atoms with van der Waals surface area (Å²) in [7, 11) is -1.47. The minimum absolute atomic E-state index is 0.00588. The predicted molar refractivity (Wildman–Crippen MR) is 142 cm³/mol. The maximum Gasteiger partial charge on any atom is 0.344 e. The van der Waals surface area contributed by atoms with Crippen molar-refractivity contribution in [1.82, 2.24) is 9.97 Å². The van der Waals surface area contributed by atoms with Crippen molar-refractivity contribution >= 4 is 42.2 Å². The van der Waals surface area contributed by atoms with Gasteiger partial charge in [0.15, 0.2) is 5.82 Å². The Morgan fingerprint density at radius 1 is 1.11 bits per heavy atom. The Hall–Kier alpha value is -4.05. The lowest BCUT2D eigenvalue weighted by Gasteiger charge is -2.17. The highest BCUT2D eigenvalue weighted by Gasteiger charge is 2.26. The Labute approximate surface area is 218 Å². The highest BCUT2D eigenvalue weighted by molar-refractivity contribution is 7.51. The van der Waals surface area contributed by atoms with Gasteiger partial charge >= 0.3 is 7.60 Å². The molecule has 0 spiro atoms. The minimum Gasteiger partial charge on any atom is -0.494 e. The lowest BCUT2D eigenvalue weighted by atomic mass is 10.00. The molecule has 0 unspecified atom stereocenters. The molecule has 3 aromatic rings. The van der Waals surface area contributed by atoms with Crippen molar-refractivity contribution in [2.45, 2.75) is 13.3 Å². The van der Waals surface area contributed by atoms with Gasteiger partial charge in [0.25, 0.3) is 0 Å². The van der Waals surface area contributed by atoms with E-state index in [1.165, 1.54) is 44.9 Å². The number of nitrogens with zero attached hydrogens (tertiary/aromatic N) is 2. The van der Waals surface area contributed by atoms with E-state index in [0.717, 1.165) is 16.7 Å². The molecule has 1 heterocycles. The molecule has 1 aliphatic carbocycles. The molecule has 1 aromatic heterocycles. The van der Waals surface area contributed by atoms with Crippen LogP contribution in [0.1, 0.15) is 30.0 Å². The first-order valence-corrected chi connectivity index (χ1v) is 13.2. The molecule has 0 saturated heterocycles. The Kier molecular flexibility index (Phi) is 7.91. The number of hydrogen-bond acceptors (Lipinski definition) is 7. The summed E-state index contributed by atoms with van der Waals surface area (Å²) in [6.07, 6.45) is 5.66. The van der Waals surface area contributed by atoms with Crippen LogP contribution >= 0.6 is 7.60 Å².